The number of rotatable bonds is 11. The number of benzene rings is 1. The molecule has 0 radical (unpaired) electrons. The van der Waals surface area contributed by atoms with E-state index in [9.17, 15) is 20.1 Å². The number of amides is 1. The standard InChI is InChI=1S/C50H81NO15/c1-10-48(45-31(3)26-40(62-45)42-30(2)25-32(4)50(55,29-52)65-42)14-13-41(63-48)47(8)15-16-49(66-47)28-37(53)33(5)44(64-49)34(6)43(56-9)35(7)46(54)51-36-11-12-38-39(27-36)61-24-22-59-20-18-57-17-19-58-21-23-60-38/h11-12,27,30-35,37,40-45,52-53,55H,10,13-26,28-29H2,1-9H3,(H,51,54)/t30-,31-,32+,33+,34-,35-,37-,40+,41+,42-,43+,44-,45+,47-,48-,49+,50-/m0/s1. The molecule has 4 N–H and O–H groups in total. The van der Waals surface area contributed by atoms with E-state index in [0.717, 1.165) is 32.1 Å². The van der Waals surface area contributed by atoms with E-state index in [1.54, 1.807) is 25.3 Å². The monoisotopic (exact) mass is 936 g/mol. The van der Waals surface area contributed by atoms with Crippen molar-refractivity contribution in [2.75, 3.05) is 71.9 Å². The van der Waals surface area contributed by atoms with Gasteiger partial charge in [-0.15, -0.1) is 0 Å². The zero-order chi connectivity index (χ0) is 47.4. The lowest BCUT2D eigenvalue weighted by Crippen LogP contribution is -2.57. The third-order valence-corrected chi connectivity index (χ3v) is 16.0. The second kappa shape index (κ2) is 21.8. The molecule has 16 heteroatoms. The first kappa shape index (κ1) is 51.7. The number of hydrogen-bond donors (Lipinski definition) is 4. The molecule has 1 aromatic carbocycles. The van der Waals surface area contributed by atoms with Crippen molar-refractivity contribution in [1.29, 1.82) is 0 Å². The Morgan fingerprint density at radius 3 is 2.20 bits per heavy atom. The summed E-state index contributed by atoms with van der Waals surface area (Å²) in [4.78, 5) is 14.0. The molecular formula is C50H81NO15. The molecule has 1 aromatic rings. The van der Waals surface area contributed by atoms with Crippen LogP contribution in [0.15, 0.2) is 18.2 Å². The van der Waals surface area contributed by atoms with Gasteiger partial charge in [-0.2, -0.15) is 0 Å². The molecule has 0 bridgehead atoms. The molecule has 1 spiro atoms. The molecule has 0 aliphatic carbocycles. The van der Waals surface area contributed by atoms with Crippen LogP contribution in [-0.4, -0.2) is 153 Å². The quantitative estimate of drug-likeness (QED) is 0.213. The Morgan fingerprint density at radius 1 is 0.879 bits per heavy atom. The van der Waals surface area contributed by atoms with E-state index >= 15 is 0 Å². The molecule has 6 heterocycles. The van der Waals surface area contributed by atoms with E-state index in [1.165, 1.54) is 0 Å². The zero-order valence-electron chi connectivity index (χ0n) is 41.0. The molecule has 5 saturated heterocycles. The number of aliphatic hydroxyl groups is 3. The summed E-state index contributed by atoms with van der Waals surface area (Å²) in [5.41, 5.74) is -0.666. The number of carbonyl (C=O) groups is 1. The summed E-state index contributed by atoms with van der Waals surface area (Å²) < 4.78 is 69.3. The van der Waals surface area contributed by atoms with E-state index in [2.05, 4.69) is 33.0 Å². The summed E-state index contributed by atoms with van der Waals surface area (Å²) in [5, 5.41) is 35.9. The van der Waals surface area contributed by atoms with E-state index in [0.29, 0.717) is 82.7 Å². The SMILES string of the molecule is CC[C@@]1([C@@H]2O[C@@H]([C@H]3O[C@@](O)(CO)[C@H](C)C[C@@H]3C)C[C@@H]2C)CC[C@H]([C@]2(C)CC[C@]3(C[C@H](O)[C@@H](C)[C@@H]([C@@H](C)[C@@H](OC)[C@H](C)C(=O)Nc4ccc5c(c4)OCCOCCOCCOCCO5)O3)O2)O1. The van der Waals surface area contributed by atoms with Gasteiger partial charge in [-0.1, -0.05) is 48.5 Å². The number of anilines is 1. The molecule has 6 aliphatic heterocycles. The van der Waals surface area contributed by atoms with Gasteiger partial charge in [-0.3, -0.25) is 4.79 Å². The molecule has 376 valence electrons. The predicted octanol–water partition coefficient (Wildman–Crippen LogP) is 5.65. The van der Waals surface area contributed by atoms with Crippen LogP contribution in [0.25, 0.3) is 0 Å². The smallest absolute Gasteiger partial charge is 0.229 e. The van der Waals surface area contributed by atoms with Crippen LogP contribution in [-0.2, 0) is 47.4 Å². The summed E-state index contributed by atoms with van der Waals surface area (Å²) >= 11 is 0. The molecule has 66 heavy (non-hydrogen) atoms. The van der Waals surface area contributed by atoms with Gasteiger partial charge in [-0.05, 0) is 69.4 Å². The predicted molar refractivity (Wildman–Crippen MR) is 243 cm³/mol. The Balaban J connectivity index is 0.984. The average molecular weight is 936 g/mol. The molecule has 0 aromatic heterocycles. The number of nitrogens with one attached hydrogen (secondary N) is 1. The van der Waals surface area contributed by atoms with Crippen LogP contribution in [0.4, 0.5) is 5.69 Å². The Hall–Kier alpha value is -2.19. The third kappa shape index (κ3) is 11.1. The van der Waals surface area contributed by atoms with Gasteiger partial charge in [0, 0.05) is 49.5 Å². The van der Waals surface area contributed by atoms with Crippen LogP contribution in [0, 0.1) is 35.5 Å². The van der Waals surface area contributed by atoms with Gasteiger partial charge < -0.3 is 72.7 Å². The highest BCUT2D eigenvalue weighted by molar-refractivity contribution is 5.93. The second-order valence-corrected chi connectivity index (χ2v) is 20.6. The number of ether oxygens (including phenoxy) is 11. The fourth-order valence-electron chi connectivity index (χ4n) is 12.0. The molecule has 1 amide bonds. The lowest BCUT2D eigenvalue weighted by atomic mass is 9.78. The Labute approximate surface area is 392 Å². The van der Waals surface area contributed by atoms with Gasteiger partial charge in [-0.25, -0.2) is 0 Å². The van der Waals surface area contributed by atoms with E-state index < -0.39 is 53.6 Å². The first-order valence-corrected chi connectivity index (χ1v) is 24.9. The summed E-state index contributed by atoms with van der Waals surface area (Å²) in [6, 6.07) is 5.30. The lowest BCUT2D eigenvalue weighted by molar-refractivity contribution is -0.336. The Kier molecular flexibility index (Phi) is 17.1. The van der Waals surface area contributed by atoms with Crippen LogP contribution in [0.2, 0.25) is 0 Å². The zero-order valence-corrected chi connectivity index (χ0v) is 41.0. The average Bonchev–Trinajstić information content (AvgIpc) is 4.01. The maximum atomic E-state index is 14.0. The molecule has 0 saturated carbocycles. The maximum Gasteiger partial charge on any atom is 0.229 e. The molecular weight excluding hydrogens is 855 g/mol. The van der Waals surface area contributed by atoms with Crippen molar-refractivity contribution in [3.8, 4) is 11.5 Å². The van der Waals surface area contributed by atoms with Gasteiger partial charge in [0.05, 0.1) is 106 Å². The van der Waals surface area contributed by atoms with Crippen LogP contribution < -0.4 is 14.8 Å². The number of carbonyl (C=O) groups excluding carboxylic acids is 1. The van der Waals surface area contributed by atoms with Crippen molar-refractivity contribution in [2.45, 2.75) is 172 Å². The van der Waals surface area contributed by atoms with E-state index in [1.807, 2.05) is 27.7 Å². The van der Waals surface area contributed by atoms with Gasteiger partial charge in [0.2, 0.25) is 5.91 Å². The molecule has 16 nitrogen and oxygen atoms in total. The first-order valence-electron chi connectivity index (χ1n) is 24.9. The third-order valence-electron chi connectivity index (χ3n) is 16.0. The first-order chi connectivity index (χ1) is 31.5. The highest BCUT2D eigenvalue weighted by atomic mass is 16.7. The van der Waals surface area contributed by atoms with Crippen molar-refractivity contribution in [3.63, 3.8) is 0 Å². The lowest BCUT2D eigenvalue weighted by Gasteiger charge is -2.49. The van der Waals surface area contributed by atoms with Crippen LogP contribution in [0.1, 0.15) is 107 Å². The van der Waals surface area contributed by atoms with E-state index in [-0.39, 0.29) is 66.5 Å². The number of fused-ring (bicyclic) bond motifs is 1. The number of methoxy groups -OCH3 is 1. The second-order valence-electron chi connectivity index (χ2n) is 20.6. The highest BCUT2D eigenvalue weighted by Crippen LogP contribution is 2.55. The maximum absolute atomic E-state index is 14.0. The van der Waals surface area contributed by atoms with Crippen LogP contribution in [0.3, 0.4) is 0 Å². The van der Waals surface area contributed by atoms with Crippen LogP contribution in [0.5, 0.6) is 11.5 Å². The van der Waals surface area contributed by atoms with Crippen LogP contribution >= 0.6 is 0 Å². The van der Waals surface area contributed by atoms with Gasteiger partial charge in [0.25, 0.3) is 0 Å². The minimum Gasteiger partial charge on any atom is -0.487 e. The number of aliphatic hydroxyl groups excluding tert-OH is 2. The summed E-state index contributed by atoms with van der Waals surface area (Å²) in [7, 11) is 1.61. The summed E-state index contributed by atoms with van der Waals surface area (Å²) in [6.45, 7) is 19.2. The molecule has 5 fully saturated rings. The van der Waals surface area contributed by atoms with Crippen molar-refractivity contribution >= 4 is 11.6 Å². The molecule has 7 rings (SSSR count). The summed E-state index contributed by atoms with van der Waals surface area (Å²) in [5.74, 6) is -2.83. The minimum absolute atomic E-state index is 0.161. The molecule has 0 unspecified atom stereocenters. The largest absolute Gasteiger partial charge is 0.487 e. The van der Waals surface area contributed by atoms with Crippen molar-refractivity contribution in [2.24, 2.45) is 35.5 Å². The molecule has 17 atom stereocenters. The van der Waals surface area contributed by atoms with Crippen molar-refractivity contribution < 1.29 is 72.2 Å². The minimum atomic E-state index is -1.58. The normalized spacial score (nSPS) is 42.0. The van der Waals surface area contributed by atoms with Crippen molar-refractivity contribution in [3.05, 3.63) is 18.2 Å². The fraction of sp³-hybridized carbons (Fsp3) is 0.860. The van der Waals surface area contributed by atoms with Gasteiger partial charge >= 0.3 is 0 Å². The Morgan fingerprint density at radius 2 is 1.55 bits per heavy atom. The Bertz CT molecular complexity index is 1740. The van der Waals surface area contributed by atoms with Gasteiger partial charge in [0.1, 0.15) is 13.2 Å². The number of hydrogen-bond acceptors (Lipinski definition) is 15. The van der Waals surface area contributed by atoms with E-state index in [4.69, 9.17) is 52.1 Å². The summed E-state index contributed by atoms with van der Waals surface area (Å²) in [6.07, 6.45) is 2.77. The highest BCUT2D eigenvalue weighted by Gasteiger charge is 2.62. The fourth-order valence-corrected chi connectivity index (χ4v) is 12.0. The van der Waals surface area contributed by atoms with Gasteiger partial charge in [0.15, 0.2) is 23.1 Å². The topological polar surface area (TPSA) is 191 Å². The molecule has 6 aliphatic rings. The van der Waals surface area contributed by atoms with Crippen molar-refractivity contribution in [1.82, 2.24) is 0 Å².